The Balaban J connectivity index is 1.65. The Morgan fingerprint density at radius 1 is 1.23 bits per heavy atom. The number of likely N-dealkylation sites (tertiary alicyclic amines) is 1. The fourth-order valence-corrected chi connectivity index (χ4v) is 6.29. The number of unbranched alkanes of at least 4 members (excludes halogenated alkanes) is 1. The van der Waals surface area contributed by atoms with Crippen LogP contribution in [0.2, 0.25) is 0 Å². The van der Waals surface area contributed by atoms with Gasteiger partial charge in [-0.05, 0) is 56.9 Å². The van der Waals surface area contributed by atoms with Crippen LogP contribution in [0.1, 0.15) is 47.0 Å². The quantitative estimate of drug-likeness (QED) is 0.434. The molecule has 3 unspecified atom stereocenters. The molecule has 3 N–H and O–H groups in total. The molecule has 0 aromatic heterocycles. The molecule has 9 heteroatoms. The largest absolute Gasteiger partial charge is 0.494 e. The van der Waals surface area contributed by atoms with Crippen LogP contribution in [0.25, 0.3) is 0 Å². The molecule has 3 aliphatic rings. The number of rotatable bonds is 10. The molecule has 1 spiro atoms. The molecular formula is C26H37N3O6. The van der Waals surface area contributed by atoms with Crippen LogP contribution in [0.5, 0.6) is 5.75 Å². The first kappa shape index (κ1) is 25.4. The van der Waals surface area contributed by atoms with Crippen LogP contribution < -0.4 is 15.4 Å². The highest BCUT2D eigenvalue weighted by atomic mass is 16.5. The average molecular weight is 488 g/mol. The molecule has 6 atom stereocenters. The van der Waals surface area contributed by atoms with E-state index in [4.69, 9.17) is 9.47 Å². The number of amides is 3. The number of aliphatic hydroxyl groups excluding tert-OH is 1. The van der Waals surface area contributed by atoms with Crippen LogP contribution in [0.3, 0.4) is 0 Å². The van der Waals surface area contributed by atoms with E-state index in [1.807, 2.05) is 27.7 Å². The molecule has 192 valence electrons. The number of benzene rings is 1. The highest BCUT2D eigenvalue weighted by Gasteiger charge is 2.79. The number of hydrogen-bond acceptors (Lipinski definition) is 6. The first-order chi connectivity index (χ1) is 16.7. The number of fused-ring (bicyclic) bond motifs is 1. The van der Waals surface area contributed by atoms with Crippen LogP contribution in [-0.4, -0.2) is 71.3 Å². The fraction of sp³-hybridized carbons (Fsp3) is 0.654. The second kappa shape index (κ2) is 9.78. The summed E-state index contributed by atoms with van der Waals surface area (Å²) in [5.41, 5.74) is -1.39. The number of nitrogens with one attached hydrogen (secondary N) is 2. The third-order valence-electron chi connectivity index (χ3n) is 7.95. The number of aliphatic hydroxyl groups is 1. The molecule has 3 saturated heterocycles. The SMILES string of the molecule is CCCCNC(=O)C1N(CCO)C(=O)[C@@H]2[C@H](C(=O)Nc3ccc(OCC)cc3)[C@@]3(C)OC12CC3C. The second-order valence-corrected chi connectivity index (χ2v) is 10.1. The van der Waals surface area contributed by atoms with Crippen LogP contribution in [0, 0.1) is 17.8 Å². The second-order valence-electron chi connectivity index (χ2n) is 10.1. The van der Waals surface area contributed by atoms with Gasteiger partial charge in [0.1, 0.15) is 17.4 Å². The Bertz CT molecular complexity index is 968. The Hall–Kier alpha value is -2.65. The maximum atomic E-state index is 13.7. The van der Waals surface area contributed by atoms with Gasteiger partial charge in [0.2, 0.25) is 17.7 Å². The average Bonchev–Trinajstić information content (AvgIpc) is 3.33. The van der Waals surface area contributed by atoms with E-state index in [9.17, 15) is 19.5 Å². The number of ether oxygens (including phenoxy) is 2. The van der Waals surface area contributed by atoms with E-state index in [1.165, 1.54) is 4.90 Å². The highest BCUT2D eigenvalue weighted by Crippen LogP contribution is 2.65. The molecule has 1 aromatic rings. The Kier molecular flexibility index (Phi) is 7.11. The number of anilines is 1. The van der Waals surface area contributed by atoms with E-state index in [0.29, 0.717) is 31.0 Å². The minimum atomic E-state index is -1.10. The summed E-state index contributed by atoms with van der Waals surface area (Å²) in [6.45, 7) is 8.62. The van der Waals surface area contributed by atoms with Crippen LogP contribution in [-0.2, 0) is 19.1 Å². The summed E-state index contributed by atoms with van der Waals surface area (Å²) < 4.78 is 12.1. The van der Waals surface area contributed by atoms with Crippen molar-refractivity contribution in [3.05, 3.63) is 24.3 Å². The van der Waals surface area contributed by atoms with Gasteiger partial charge in [-0.2, -0.15) is 0 Å². The normalized spacial score (nSPS) is 33.1. The summed E-state index contributed by atoms with van der Waals surface area (Å²) in [5, 5.41) is 15.6. The predicted octanol–water partition coefficient (Wildman–Crippen LogP) is 1.94. The number of carbonyl (C=O) groups is 3. The van der Waals surface area contributed by atoms with Crippen LogP contribution in [0.15, 0.2) is 24.3 Å². The van der Waals surface area contributed by atoms with Crippen LogP contribution in [0.4, 0.5) is 5.69 Å². The van der Waals surface area contributed by atoms with Crippen molar-refractivity contribution in [1.29, 1.82) is 0 Å². The minimum absolute atomic E-state index is 0.0185. The summed E-state index contributed by atoms with van der Waals surface area (Å²) >= 11 is 0. The molecule has 2 bridgehead atoms. The monoisotopic (exact) mass is 487 g/mol. The molecule has 0 saturated carbocycles. The topological polar surface area (TPSA) is 117 Å². The first-order valence-electron chi connectivity index (χ1n) is 12.7. The summed E-state index contributed by atoms with van der Waals surface area (Å²) in [7, 11) is 0. The number of nitrogens with zero attached hydrogens (tertiary/aromatic N) is 1. The lowest BCUT2D eigenvalue weighted by Gasteiger charge is -2.36. The van der Waals surface area contributed by atoms with Gasteiger partial charge in [-0.25, -0.2) is 0 Å². The smallest absolute Gasteiger partial charge is 0.245 e. The van der Waals surface area contributed by atoms with Gasteiger partial charge in [0.05, 0.1) is 30.7 Å². The molecule has 3 amide bonds. The third-order valence-corrected chi connectivity index (χ3v) is 7.95. The molecule has 3 aliphatic heterocycles. The lowest BCUT2D eigenvalue weighted by molar-refractivity contribution is -0.146. The van der Waals surface area contributed by atoms with Crippen molar-refractivity contribution in [3.8, 4) is 5.75 Å². The van der Waals surface area contributed by atoms with Crippen LogP contribution >= 0.6 is 0 Å². The molecule has 9 nitrogen and oxygen atoms in total. The zero-order valence-electron chi connectivity index (χ0n) is 21.0. The van der Waals surface area contributed by atoms with E-state index < -0.39 is 29.1 Å². The van der Waals surface area contributed by atoms with Gasteiger partial charge in [0, 0.05) is 18.8 Å². The van der Waals surface area contributed by atoms with Crippen molar-refractivity contribution in [1.82, 2.24) is 10.2 Å². The maximum absolute atomic E-state index is 13.7. The third kappa shape index (κ3) is 4.08. The predicted molar refractivity (Wildman–Crippen MR) is 130 cm³/mol. The molecule has 1 aromatic carbocycles. The Morgan fingerprint density at radius 2 is 1.94 bits per heavy atom. The standard InChI is InChI=1S/C26H37N3O6/c1-5-7-12-27-23(32)21-26-15-16(3)25(4,35-26)19(20(26)24(33)29(21)13-14-30)22(31)28-17-8-10-18(11-9-17)34-6-2/h8-11,16,19-21,30H,5-7,12-15H2,1-4H3,(H,27,32)(H,28,31)/t16?,19-,20+,21?,25+,26?/m1/s1. The van der Waals surface area contributed by atoms with Gasteiger partial charge >= 0.3 is 0 Å². The summed E-state index contributed by atoms with van der Waals surface area (Å²) in [6.07, 6.45) is 2.25. The summed E-state index contributed by atoms with van der Waals surface area (Å²) in [5.74, 6) is -1.79. The zero-order valence-corrected chi connectivity index (χ0v) is 21.0. The van der Waals surface area contributed by atoms with Gasteiger partial charge in [0.15, 0.2) is 0 Å². The van der Waals surface area contributed by atoms with E-state index >= 15 is 0 Å². The molecule has 0 aliphatic carbocycles. The zero-order chi connectivity index (χ0) is 25.4. The molecule has 3 heterocycles. The first-order valence-corrected chi connectivity index (χ1v) is 12.7. The molecule has 4 rings (SSSR count). The molecule has 35 heavy (non-hydrogen) atoms. The maximum Gasteiger partial charge on any atom is 0.245 e. The minimum Gasteiger partial charge on any atom is -0.494 e. The summed E-state index contributed by atoms with van der Waals surface area (Å²) in [4.78, 5) is 42.1. The lowest BCUT2D eigenvalue weighted by atomic mass is 9.62. The Morgan fingerprint density at radius 3 is 2.57 bits per heavy atom. The summed E-state index contributed by atoms with van der Waals surface area (Å²) in [6, 6.07) is 6.20. The Labute approximate surface area is 206 Å². The number of β-amino-alcohol motifs (C(OH)–C–C–N with tert-alkyl or cyclic N) is 1. The fourth-order valence-electron chi connectivity index (χ4n) is 6.29. The van der Waals surface area contributed by atoms with Crippen molar-refractivity contribution < 1.29 is 29.0 Å². The van der Waals surface area contributed by atoms with Gasteiger partial charge in [-0.15, -0.1) is 0 Å². The highest BCUT2D eigenvalue weighted by molar-refractivity contribution is 6.02. The van der Waals surface area contributed by atoms with Crippen molar-refractivity contribution in [2.45, 2.75) is 64.2 Å². The molecular weight excluding hydrogens is 450 g/mol. The van der Waals surface area contributed by atoms with Gasteiger partial charge in [-0.3, -0.25) is 14.4 Å². The molecule has 0 radical (unpaired) electrons. The van der Waals surface area contributed by atoms with Crippen molar-refractivity contribution in [2.75, 3.05) is 31.6 Å². The van der Waals surface area contributed by atoms with E-state index in [0.717, 1.165) is 12.8 Å². The van der Waals surface area contributed by atoms with Gasteiger partial charge < -0.3 is 30.1 Å². The van der Waals surface area contributed by atoms with Crippen molar-refractivity contribution in [3.63, 3.8) is 0 Å². The van der Waals surface area contributed by atoms with Crippen molar-refractivity contribution in [2.24, 2.45) is 17.8 Å². The number of carbonyl (C=O) groups excluding carboxylic acids is 3. The number of hydrogen-bond donors (Lipinski definition) is 3. The van der Waals surface area contributed by atoms with Gasteiger partial charge in [0.25, 0.3) is 0 Å². The van der Waals surface area contributed by atoms with E-state index in [-0.39, 0.29) is 36.8 Å². The molecule has 3 fully saturated rings. The van der Waals surface area contributed by atoms with E-state index in [2.05, 4.69) is 10.6 Å². The van der Waals surface area contributed by atoms with Gasteiger partial charge in [-0.1, -0.05) is 20.3 Å². The lowest BCUT2D eigenvalue weighted by Crippen LogP contribution is -2.56. The van der Waals surface area contributed by atoms with E-state index in [1.54, 1.807) is 24.3 Å². The van der Waals surface area contributed by atoms with Crippen molar-refractivity contribution >= 4 is 23.4 Å².